The van der Waals surface area contributed by atoms with E-state index in [9.17, 15) is 14.7 Å². The zero-order valence-corrected chi connectivity index (χ0v) is 11.9. The first kappa shape index (κ1) is 14.7. The van der Waals surface area contributed by atoms with E-state index < -0.39 is 5.56 Å². The standard InChI is InChI=1S/C14H21N3O3/c1-8-9(2)16-17-14(20)12(8)13(19)15-6-10-4-3-5-11(10)7-18/h10-11,18H,3-7H2,1-2H3,(H,15,19)(H,17,20). The molecule has 3 N–H and O–H groups in total. The molecule has 0 aliphatic heterocycles. The first-order valence-corrected chi connectivity index (χ1v) is 6.99. The van der Waals surface area contributed by atoms with E-state index in [0.29, 0.717) is 23.7 Å². The van der Waals surface area contributed by atoms with Crippen LogP contribution in [-0.2, 0) is 0 Å². The number of rotatable bonds is 4. The predicted molar refractivity (Wildman–Crippen MR) is 74.6 cm³/mol. The molecule has 1 amide bonds. The lowest BCUT2D eigenvalue weighted by Crippen LogP contribution is -2.36. The van der Waals surface area contributed by atoms with Gasteiger partial charge in [0.2, 0.25) is 0 Å². The van der Waals surface area contributed by atoms with Crippen molar-refractivity contribution in [2.75, 3.05) is 13.2 Å². The van der Waals surface area contributed by atoms with Crippen molar-refractivity contribution in [1.82, 2.24) is 15.5 Å². The van der Waals surface area contributed by atoms with Gasteiger partial charge < -0.3 is 10.4 Å². The second kappa shape index (κ2) is 6.17. The summed E-state index contributed by atoms with van der Waals surface area (Å²) in [6.45, 7) is 4.14. The summed E-state index contributed by atoms with van der Waals surface area (Å²) in [7, 11) is 0. The van der Waals surface area contributed by atoms with E-state index >= 15 is 0 Å². The van der Waals surface area contributed by atoms with E-state index in [1.807, 2.05) is 0 Å². The fraction of sp³-hybridized carbons (Fsp3) is 0.643. The Hall–Kier alpha value is -1.69. The number of H-pyrrole nitrogens is 1. The minimum Gasteiger partial charge on any atom is -0.396 e. The highest BCUT2D eigenvalue weighted by Gasteiger charge is 2.27. The van der Waals surface area contributed by atoms with Crippen LogP contribution in [0.3, 0.4) is 0 Å². The van der Waals surface area contributed by atoms with Gasteiger partial charge in [-0.3, -0.25) is 9.59 Å². The second-order valence-corrected chi connectivity index (χ2v) is 5.48. The molecule has 1 aliphatic carbocycles. The number of hydrogen-bond donors (Lipinski definition) is 3. The van der Waals surface area contributed by atoms with E-state index in [0.717, 1.165) is 19.3 Å². The van der Waals surface area contributed by atoms with Crippen LogP contribution in [0.5, 0.6) is 0 Å². The predicted octanol–water partition coefficient (Wildman–Crippen LogP) is 0.525. The molecule has 1 aromatic rings. The Labute approximate surface area is 117 Å². The Morgan fingerprint density at radius 3 is 2.80 bits per heavy atom. The lowest BCUT2D eigenvalue weighted by atomic mass is 9.97. The number of aromatic amines is 1. The largest absolute Gasteiger partial charge is 0.396 e. The summed E-state index contributed by atoms with van der Waals surface area (Å²) in [5, 5.41) is 18.2. The Bertz CT molecular complexity index is 553. The van der Waals surface area contributed by atoms with Crippen molar-refractivity contribution in [1.29, 1.82) is 0 Å². The molecule has 6 heteroatoms. The quantitative estimate of drug-likeness (QED) is 0.749. The number of aliphatic hydroxyl groups excluding tert-OH is 1. The normalized spacial score (nSPS) is 21.9. The lowest BCUT2D eigenvalue weighted by Gasteiger charge is -2.18. The number of aryl methyl sites for hydroxylation is 1. The molecular formula is C14H21N3O3. The highest BCUT2D eigenvalue weighted by Crippen LogP contribution is 2.30. The van der Waals surface area contributed by atoms with E-state index in [-0.39, 0.29) is 24.0 Å². The number of carbonyl (C=O) groups excluding carboxylic acids is 1. The molecule has 0 spiro atoms. The third kappa shape index (κ3) is 2.90. The summed E-state index contributed by atoms with van der Waals surface area (Å²) in [5.41, 5.74) is 0.923. The van der Waals surface area contributed by atoms with Crippen molar-refractivity contribution in [2.45, 2.75) is 33.1 Å². The molecule has 1 fully saturated rings. The zero-order chi connectivity index (χ0) is 14.7. The van der Waals surface area contributed by atoms with Gasteiger partial charge in [0.15, 0.2) is 0 Å². The van der Waals surface area contributed by atoms with Gasteiger partial charge >= 0.3 is 0 Å². The molecule has 2 unspecified atom stereocenters. The van der Waals surface area contributed by atoms with Gasteiger partial charge in [-0.15, -0.1) is 0 Å². The number of nitrogens with one attached hydrogen (secondary N) is 2. The summed E-state index contributed by atoms with van der Waals surface area (Å²) in [5.74, 6) is 0.193. The number of amides is 1. The topological polar surface area (TPSA) is 95.1 Å². The lowest BCUT2D eigenvalue weighted by molar-refractivity contribution is 0.0935. The third-order valence-corrected chi connectivity index (χ3v) is 4.27. The number of nitrogens with zero attached hydrogens (tertiary/aromatic N) is 1. The highest BCUT2D eigenvalue weighted by atomic mass is 16.3. The SMILES string of the molecule is Cc1n[nH]c(=O)c(C(=O)NCC2CCCC2CO)c1C. The maximum Gasteiger partial charge on any atom is 0.277 e. The first-order chi connectivity index (χ1) is 9.54. The zero-order valence-electron chi connectivity index (χ0n) is 11.9. The van der Waals surface area contributed by atoms with Crippen LogP contribution in [0.1, 0.15) is 40.9 Å². The van der Waals surface area contributed by atoms with Crippen LogP contribution >= 0.6 is 0 Å². The minimum absolute atomic E-state index is 0.135. The van der Waals surface area contributed by atoms with Crippen LogP contribution in [0, 0.1) is 25.7 Å². The average molecular weight is 279 g/mol. The minimum atomic E-state index is -0.462. The van der Waals surface area contributed by atoms with E-state index in [2.05, 4.69) is 15.5 Å². The molecule has 110 valence electrons. The molecule has 1 aromatic heterocycles. The van der Waals surface area contributed by atoms with Crippen molar-refractivity contribution in [3.05, 3.63) is 27.2 Å². The van der Waals surface area contributed by atoms with E-state index in [1.54, 1.807) is 13.8 Å². The Morgan fingerprint density at radius 2 is 2.10 bits per heavy atom. The molecule has 0 aromatic carbocycles. The van der Waals surface area contributed by atoms with E-state index in [1.165, 1.54) is 0 Å². The van der Waals surface area contributed by atoms with Crippen LogP contribution in [0.2, 0.25) is 0 Å². The van der Waals surface area contributed by atoms with Gasteiger partial charge in [-0.25, -0.2) is 5.10 Å². The molecule has 2 atom stereocenters. The van der Waals surface area contributed by atoms with Crippen molar-refractivity contribution in [3.8, 4) is 0 Å². The van der Waals surface area contributed by atoms with Crippen molar-refractivity contribution in [2.24, 2.45) is 11.8 Å². The Balaban J connectivity index is 2.06. The monoisotopic (exact) mass is 279 g/mol. The molecule has 0 radical (unpaired) electrons. The summed E-state index contributed by atoms with van der Waals surface area (Å²) < 4.78 is 0. The summed E-state index contributed by atoms with van der Waals surface area (Å²) in [6, 6.07) is 0. The number of aromatic nitrogens is 2. The Kier molecular flexibility index (Phi) is 4.54. The number of carbonyl (C=O) groups is 1. The molecule has 0 saturated heterocycles. The fourth-order valence-electron chi connectivity index (χ4n) is 2.83. The van der Waals surface area contributed by atoms with Gasteiger partial charge in [-0.1, -0.05) is 6.42 Å². The third-order valence-electron chi connectivity index (χ3n) is 4.27. The summed E-state index contributed by atoms with van der Waals surface area (Å²) in [4.78, 5) is 23.9. The average Bonchev–Trinajstić information content (AvgIpc) is 2.88. The molecule has 20 heavy (non-hydrogen) atoms. The molecule has 0 bridgehead atoms. The van der Waals surface area contributed by atoms with Gasteiger partial charge in [0.1, 0.15) is 5.56 Å². The molecule has 2 rings (SSSR count). The van der Waals surface area contributed by atoms with Gasteiger partial charge in [0.25, 0.3) is 11.5 Å². The highest BCUT2D eigenvalue weighted by molar-refractivity contribution is 5.95. The molecule has 1 heterocycles. The maximum atomic E-state index is 12.2. The van der Waals surface area contributed by atoms with Gasteiger partial charge in [-0.2, -0.15) is 5.10 Å². The van der Waals surface area contributed by atoms with Crippen LogP contribution < -0.4 is 10.9 Å². The maximum absolute atomic E-state index is 12.2. The van der Waals surface area contributed by atoms with Crippen molar-refractivity contribution < 1.29 is 9.90 Å². The van der Waals surface area contributed by atoms with Crippen LogP contribution in [-0.4, -0.2) is 34.4 Å². The Morgan fingerprint density at radius 1 is 1.40 bits per heavy atom. The first-order valence-electron chi connectivity index (χ1n) is 6.99. The number of hydrogen-bond acceptors (Lipinski definition) is 4. The summed E-state index contributed by atoms with van der Waals surface area (Å²) >= 11 is 0. The van der Waals surface area contributed by atoms with E-state index in [4.69, 9.17) is 0 Å². The number of aliphatic hydroxyl groups is 1. The molecule has 6 nitrogen and oxygen atoms in total. The fourth-order valence-corrected chi connectivity index (χ4v) is 2.83. The van der Waals surface area contributed by atoms with Gasteiger partial charge in [-0.05, 0) is 44.1 Å². The van der Waals surface area contributed by atoms with Crippen molar-refractivity contribution in [3.63, 3.8) is 0 Å². The van der Waals surface area contributed by atoms with Crippen LogP contribution in [0.25, 0.3) is 0 Å². The molecular weight excluding hydrogens is 258 g/mol. The van der Waals surface area contributed by atoms with Gasteiger partial charge in [0, 0.05) is 13.2 Å². The molecule has 1 aliphatic rings. The van der Waals surface area contributed by atoms with Crippen LogP contribution in [0.15, 0.2) is 4.79 Å². The van der Waals surface area contributed by atoms with Gasteiger partial charge in [0.05, 0.1) is 5.69 Å². The summed E-state index contributed by atoms with van der Waals surface area (Å²) in [6.07, 6.45) is 3.10. The molecule has 1 saturated carbocycles. The van der Waals surface area contributed by atoms with Crippen LogP contribution in [0.4, 0.5) is 0 Å². The van der Waals surface area contributed by atoms with Crippen molar-refractivity contribution >= 4 is 5.91 Å². The second-order valence-electron chi connectivity index (χ2n) is 5.48. The smallest absolute Gasteiger partial charge is 0.277 e.